The highest BCUT2D eigenvalue weighted by molar-refractivity contribution is 5.58. The summed E-state index contributed by atoms with van der Waals surface area (Å²) >= 11 is 0. The molecule has 0 spiro atoms. The molecule has 1 aliphatic heterocycles. The first-order valence-corrected chi connectivity index (χ1v) is 8.11. The fraction of sp³-hybridized carbons (Fsp3) is 0.647. The number of rotatable bonds is 7. The second-order valence-electron chi connectivity index (χ2n) is 6.15. The van der Waals surface area contributed by atoms with Gasteiger partial charge in [-0.1, -0.05) is 12.1 Å². The number of nitrogens with one attached hydrogen (secondary N) is 1. The second kappa shape index (κ2) is 8.36. The van der Waals surface area contributed by atoms with Gasteiger partial charge in [-0.15, -0.1) is 0 Å². The van der Waals surface area contributed by atoms with Crippen LogP contribution >= 0.6 is 0 Å². The standard InChI is InChI=1S/C17H28N2O3/c1-14(2)22-13-15(20)12-18-8-10-19(11-9-18)16-6-4-5-7-17(16)21-3/h4-7,14-15,20H,8-13H2,1-3H3/p+1/t15-/m1/s1. The van der Waals surface area contributed by atoms with Crippen LogP contribution in [0.2, 0.25) is 0 Å². The first-order chi connectivity index (χ1) is 10.6. The quantitative estimate of drug-likeness (QED) is 0.755. The van der Waals surface area contributed by atoms with Crippen molar-refractivity contribution in [1.29, 1.82) is 0 Å². The molecule has 0 unspecified atom stereocenters. The zero-order valence-corrected chi connectivity index (χ0v) is 13.9. The van der Waals surface area contributed by atoms with Gasteiger partial charge in [-0.05, 0) is 26.0 Å². The van der Waals surface area contributed by atoms with E-state index in [1.54, 1.807) is 7.11 Å². The van der Waals surface area contributed by atoms with Crippen LogP contribution in [-0.2, 0) is 4.74 Å². The summed E-state index contributed by atoms with van der Waals surface area (Å²) in [5, 5.41) is 10.0. The van der Waals surface area contributed by atoms with E-state index in [9.17, 15) is 5.11 Å². The summed E-state index contributed by atoms with van der Waals surface area (Å²) in [6.07, 6.45) is -0.206. The first kappa shape index (κ1) is 17.1. The van der Waals surface area contributed by atoms with Crippen molar-refractivity contribution >= 4 is 5.69 Å². The summed E-state index contributed by atoms with van der Waals surface area (Å²) in [6.45, 7) is 9.18. The van der Waals surface area contributed by atoms with Crippen molar-refractivity contribution in [3.63, 3.8) is 0 Å². The van der Waals surface area contributed by atoms with E-state index >= 15 is 0 Å². The molecule has 0 radical (unpaired) electrons. The Labute approximate surface area is 133 Å². The van der Waals surface area contributed by atoms with Crippen LogP contribution in [0.4, 0.5) is 5.69 Å². The van der Waals surface area contributed by atoms with E-state index < -0.39 is 0 Å². The van der Waals surface area contributed by atoms with E-state index in [1.807, 2.05) is 32.0 Å². The number of anilines is 1. The summed E-state index contributed by atoms with van der Waals surface area (Å²) in [4.78, 5) is 3.80. The number of hydrogen-bond donors (Lipinski definition) is 2. The Hall–Kier alpha value is -1.30. The number of nitrogens with zero attached hydrogens (tertiary/aromatic N) is 1. The molecular formula is C17H29N2O3+. The van der Waals surface area contributed by atoms with Crippen molar-refractivity contribution in [3.8, 4) is 5.75 Å². The molecular weight excluding hydrogens is 280 g/mol. The molecule has 0 saturated carbocycles. The Morgan fingerprint density at radius 1 is 1.23 bits per heavy atom. The van der Waals surface area contributed by atoms with Crippen LogP contribution in [0.25, 0.3) is 0 Å². The predicted octanol–water partition coefficient (Wildman–Crippen LogP) is 0.186. The Kier molecular flexibility index (Phi) is 6.49. The molecule has 1 aromatic carbocycles. The van der Waals surface area contributed by atoms with Crippen LogP contribution in [0.3, 0.4) is 0 Å². The highest BCUT2D eigenvalue weighted by Crippen LogP contribution is 2.27. The Morgan fingerprint density at radius 2 is 1.91 bits per heavy atom. The van der Waals surface area contributed by atoms with Gasteiger partial charge in [0, 0.05) is 0 Å². The van der Waals surface area contributed by atoms with E-state index in [2.05, 4.69) is 11.0 Å². The average molecular weight is 309 g/mol. The molecule has 0 aliphatic carbocycles. The molecule has 1 fully saturated rings. The van der Waals surface area contributed by atoms with Crippen LogP contribution in [0, 0.1) is 0 Å². The van der Waals surface area contributed by atoms with Gasteiger partial charge in [-0.2, -0.15) is 0 Å². The van der Waals surface area contributed by atoms with Crippen LogP contribution < -0.4 is 14.5 Å². The topological polar surface area (TPSA) is 46.4 Å². The normalized spacial score (nSPS) is 17.8. The smallest absolute Gasteiger partial charge is 0.142 e. The number of methoxy groups -OCH3 is 1. The Morgan fingerprint density at radius 3 is 2.55 bits per heavy atom. The molecule has 0 bridgehead atoms. The third-order valence-corrected chi connectivity index (χ3v) is 4.04. The molecule has 5 heteroatoms. The van der Waals surface area contributed by atoms with Crippen molar-refractivity contribution in [2.75, 3.05) is 51.3 Å². The molecule has 1 heterocycles. The average Bonchev–Trinajstić information content (AvgIpc) is 2.53. The number of benzene rings is 1. The maximum Gasteiger partial charge on any atom is 0.142 e. The predicted molar refractivity (Wildman–Crippen MR) is 87.9 cm³/mol. The lowest BCUT2D eigenvalue weighted by atomic mass is 10.2. The molecule has 2 rings (SSSR count). The molecule has 1 aromatic rings. The number of ether oxygens (including phenoxy) is 2. The number of piperazine rings is 1. The summed E-state index contributed by atoms with van der Waals surface area (Å²) in [5.74, 6) is 0.927. The largest absolute Gasteiger partial charge is 0.495 e. The molecule has 124 valence electrons. The van der Waals surface area contributed by atoms with Gasteiger partial charge in [-0.3, -0.25) is 0 Å². The van der Waals surface area contributed by atoms with Gasteiger partial charge in [0.25, 0.3) is 0 Å². The fourth-order valence-corrected chi connectivity index (χ4v) is 2.85. The SMILES string of the molecule is COc1ccccc1N1CC[NH+](C[C@@H](O)COC(C)C)CC1. The van der Waals surface area contributed by atoms with Crippen molar-refractivity contribution in [1.82, 2.24) is 0 Å². The highest BCUT2D eigenvalue weighted by Gasteiger charge is 2.24. The minimum atomic E-state index is -0.379. The fourth-order valence-electron chi connectivity index (χ4n) is 2.85. The summed E-state index contributed by atoms with van der Waals surface area (Å²) in [7, 11) is 1.71. The number of aliphatic hydroxyl groups excluding tert-OH is 1. The van der Waals surface area contributed by atoms with Crippen molar-refractivity contribution < 1.29 is 19.5 Å². The van der Waals surface area contributed by atoms with Crippen LogP contribution in [0.5, 0.6) is 5.75 Å². The van der Waals surface area contributed by atoms with Crippen molar-refractivity contribution in [2.45, 2.75) is 26.1 Å². The maximum absolute atomic E-state index is 10.0. The molecule has 1 saturated heterocycles. The van der Waals surface area contributed by atoms with Crippen LogP contribution in [0.1, 0.15) is 13.8 Å². The molecule has 1 aliphatic rings. The molecule has 1 atom stereocenters. The first-order valence-electron chi connectivity index (χ1n) is 8.11. The lowest BCUT2D eigenvalue weighted by molar-refractivity contribution is -0.903. The molecule has 2 N–H and O–H groups in total. The molecule has 22 heavy (non-hydrogen) atoms. The van der Waals surface area contributed by atoms with Gasteiger partial charge in [0.2, 0.25) is 0 Å². The van der Waals surface area contributed by atoms with Crippen LogP contribution in [0.15, 0.2) is 24.3 Å². The van der Waals surface area contributed by atoms with Gasteiger partial charge in [-0.25, -0.2) is 0 Å². The number of quaternary nitrogens is 1. The van der Waals surface area contributed by atoms with E-state index in [0.29, 0.717) is 6.61 Å². The highest BCUT2D eigenvalue weighted by atomic mass is 16.5. The summed E-state index contributed by atoms with van der Waals surface area (Å²) in [5.41, 5.74) is 1.16. The van der Waals surface area contributed by atoms with E-state index in [1.165, 1.54) is 4.90 Å². The van der Waals surface area contributed by atoms with Crippen molar-refractivity contribution in [3.05, 3.63) is 24.3 Å². The summed E-state index contributed by atoms with van der Waals surface area (Å²) < 4.78 is 10.9. The van der Waals surface area contributed by atoms with Gasteiger partial charge in [0.1, 0.15) is 18.4 Å². The number of para-hydroxylation sites is 2. The Bertz CT molecular complexity index is 445. The van der Waals surface area contributed by atoms with E-state index in [0.717, 1.165) is 44.2 Å². The minimum absolute atomic E-state index is 0.173. The molecule has 5 nitrogen and oxygen atoms in total. The van der Waals surface area contributed by atoms with Gasteiger partial charge in [0.15, 0.2) is 0 Å². The third kappa shape index (κ3) is 4.87. The van der Waals surface area contributed by atoms with Gasteiger partial charge >= 0.3 is 0 Å². The van der Waals surface area contributed by atoms with E-state index in [4.69, 9.17) is 9.47 Å². The number of aliphatic hydroxyl groups is 1. The van der Waals surface area contributed by atoms with E-state index in [-0.39, 0.29) is 12.2 Å². The number of hydrogen-bond acceptors (Lipinski definition) is 4. The zero-order valence-electron chi connectivity index (χ0n) is 13.9. The minimum Gasteiger partial charge on any atom is -0.495 e. The maximum atomic E-state index is 10.0. The lowest BCUT2D eigenvalue weighted by Crippen LogP contribution is -3.16. The van der Waals surface area contributed by atoms with Crippen LogP contribution in [-0.4, -0.2) is 63.8 Å². The Balaban J connectivity index is 1.80. The zero-order chi connectivity index (χ0) is 15.9. The van der Waals surface area contributed by atoms with Gasteiger partial charge in [0.05, 0.1) is 51.7 Å². The third-order valence-electron chi connectivity index (χ3n) is 4.04. The molecule has 0 amide bonds. The van der Waals surface area contributed by atoms with Gasteiger partial charge < -0.3 is 24.4 Å². The molecule has 0 aromatic heterocycles. The monoisotopic (exact) mass is 309 g/mol. The lowest BCUT2D eigenvalue weighted by Gasteiger charge is -2.35. The van der Waals surface area contributed by atoms with Crippen molar-refractivity contribution in [2.24, 2.45) is 0 Å². The second-order valence-corrected chi connectivity index (χ2v) is 6.15. The summed E-state index contributed by atoms with van der Waals surface area (Å²) in [6, 6.07) is 8.15.